The first-order valence-corrected chi connectivity index (χ1v) is 9.53. The maximum atomic E-state index is 14.3. The van der Waals surface area contributed by atoms with Gasteiger partial charge in [-0.3, -0.25) is 9.59 Å². The van der Waals surface area contributed by atoms with Gasteiger partial charge in [-0.1, -0.05) is 58.4 Å². The van der Waals surface area contributed by atoms with E-state index in [4.69, 9.17) is 0 Å². The van der Waals surface area contributed by atoms with Gasteiger partial charge in [-0.25, -0.2) is 4.39 Å². The summed E-state index contributed by atoms with van der Waals surface area (Å²) in [5.41, 5.74) is 2.17. The van der Waals surface area contributed by atoms with Gasteiger partial charge < -0.3 is 10.2 Å². The first kappa shape index (κ1) is 18.4. The summed E-state index contributed by atoms with van der Waals surface area (Å²) < 4.78 is 15.1. The Labute approximate surface area is 170 Å². The smallest absolute Gasteiger partial charge is 0.258 e. The van der Waals surface area contributed by atoms with Crippen molar-refractivity contribution in [3.63, 3.8) is 0 Å². The van der Waals surface area contributed by atoms with E-state index in [9.17, 15) is 14.0 Å². The summed E-state index contributed by atoms with van der Waals surface area (Å²) in [4.78, 5) is 27.2. The van der Waals surface area contributed by atoms with Gasteiger partial charge in [0, 0.05) is 15.7 Å². The number of fused-ring (bicyclic) bond motifs is 1. The maximum Gasteiger partial charge on any atom is 0.258 e. The number of amides is 2. The summed E-state index contributed by atoms with van der Waals surface area (Å²) in [5.74, 6) is -1.47. The summed E-state index contributed by atoms with van der Waals surface area (Å²) >= 11 is 3.47. The number of nitrogens with zero attached hydrogens (tertiary/aromatic N) is 1. The Kier molecular flexibility index (Phi) is 4.96. The van der Waals surface area contributed by atoms with Gasteiger partial charge in [0.05, 0.1) is 11.6 Å². The number of hydrogen-bond acceptors (Lipinski definition) is 2. The van der Waals surface area contributed by atoms with E-state index < -0.39 is 17.8 Å². The molecule has 1 atom stereocenters. The molecule has 140 valence electrons. The van der Waals surface area contributed by atoms with Crippen LogP contribution in [0.15, 0.2) is 77.3 Å². The molecule has 0 saturated heterocycles. The van der Waals surface area contributed by atoms with E-state index in [2.05, 4.69) is 21.2 Å². The summed E-state index contributed by atoms with van der Waals surface area (Å²) in [7, 11) is 0. The molecule has 28 heavy (non-hydrogen) atoms. The van der Waals surface area contributed by atoms with Crippen LogP contribution in [-0.2, 0) is 4.79 Å². The molecule has 4 nitrogen and oxygen atoms in total. The lowest BCUT2D eigenvalue weighted by atomic mass is 9.95. The molecule has 0 saturated carbocycles. The normalized spacial score (nSPS) is 16.1. The number of benzene rings is 3. The summed E-state index contributed by atoms with van der Waals surface area (Å²) in [6, 6.07) is 20.2. The summed E-state index contributed by atoms with van der Waals surface area (Å²) in [6.45, 7) is -0.182. The second-order valence-corrected chi connectivity index (χ2v) is 7.42. The van der Waals surface area contributed by atoms with Crippen molar-refractivity contribution in [1.29, 1.82) is 0 Å². The molecule has 2 amide bonds. The van der Waals surface area contributed by atoms with Crippen molar-refractivity contribution >= 4 is 33.4 Å². The Morgan fingerprint density at radius 1 is 1.04 bits per heavy atom. The van der Waals surface area contributed by atoms with Gasteiger partial charge in [0.1, 0.15) is 12.4 Å². The largest absolute Gasteiger partial charge is 0.324 e. The van der Waals surface area contributed by atoms with Gasteiger partial charge in [-0.15, -0.1) is 0 Å². The highest BCUT2D eigenvalue weighted by molar-refractivity contribution is 9.10. The van der Waals surface area contributed by atoms with Crippen LogP contribution in [0, 0.1) is 5.82 Å². The molecule has 3 aromatic carbocycles. The number of anilines is 1. The molecule has 0 fully saturated rings. The van der Waals surface area contributed by atoms with Gasteiger partial charge in [0.15, 0.2) is 0 Å². The van der Waals surface area contributed by atoms with E-state index in [0.717, 1.165) is 15.6 Å². The molecule has 1 aliphatic heterocycles. The van der Waals surface area contributed by atoms with Gasteiger partial charge in [0.2, 0.25) is 5.91 Å². The van der Waals surface area contributed by atoms with E-state index in [1.165, 1.54) is 23.1 Å². The predicted octanol–water partition coefficient (Wildman–Crippen LogP) is 4.77. The number of halogens is 2. The number of nitrogens with one attached hydrogen (secondary N) is 1. The van der Waals surface area contributed by atoms with E-state index >= 15 is 0 Å². The molecule has 0 bridgehead atoms. The quantitative estimate of drug-likeness (QED) is 0.626. The minimum atomic E-state index is -0.613. The zero-order chi connectivity index (χ0) is 19.7. The van der Waals surface area contributed by atoms with Crippen LogP contribution in [0.1, 0.15) is 27.5 Å². The Morgan fingerprint density at radius 2 is 1.75 bits per heavy atom. The zero-order valence-electron chi connectivity index (χ0n) is 14.7. The highest BCUT2D eigenvalue weighted by Crippen LogP contribution is 2.38. The van der Waals surface area contributed by atoms with Crippen molar-refractivity contribution in [2.75, 3.05) is 11.9 Å². The van der Waals surface area contributed by atoms with Crippen LogP contribution in [0.2, 0.25) is 0 Å². The van der Waals surface area contributed by atoms with Gasteiger partial charge >= 0.3 is 0 Å². The van der Waals surface area contributed by atoms with Crippen molar-refractivity contribution in [1.82, 2.24) is 4.90 Å². The van der Waals surface area contributed by atoms with E-state index in [1.54, 1.807) is 12.1 Å². The molecule has 0 aromatic heterocycles. The molecule has 0 unspecified atom stereocenters. The highest BCUT2D eigenvalue weighted by atomic mass is 79.9. The fourth-order valence-corrected chi connectivity index (χ4v) is 3.83. The molecule has 0 aliphatic carbocycles. The third kappa shape index (κ3) is 3.43. The molecule has 0 spiro atoms. The standard InChI is InChI=1S/C22H16BrFN2O2/c23-15-10-11-19-17(12-15)21(14-6-2-1-3-7-14)26(13-20(27)25-19)22(28)16-8-4-5-9-18(16)24/h1-12,21H,13H2,(H,25,27)/t21-/m1/s1. The lowest BCUT2D eigenvalue weighted by Gasteiger charge is -2.30. The van der Waals surface area contributed by atoms with Crippen molar-refractivity contribution in [3.8, 4) is 0 Å². The number of carbonyl (C=O) groups is 2. The minimum absolute atomic E-state index is 0.0605. The molecule has 1 N–H and O–H groups in total. The van der Waals surface area contributed by atoms with Crippen molar-refractivity contribution in [3.05, 3.63) is 99.8 Å². The van der Waals surface area contributed by atoms with Gasteiger partial charge in [-0.2, -0.15) is 0 Å². The highest BCUT2D eigenvalue weighted by Gasteiger charge is 2.34. The second kappa shape index (κ2) is 7.56. The fraction of sp³-hybridized carbons (Fsp3) is 0.0909. The summed E-state index contributed by atoms with van der Waals surface area (Å²) in [6.07, 6.45) is 0. The number of rotatable bonds is 2. The fourth-order valence-electron chi connectivity index (χ4n) is 3.45. The third-order valence-corrected chi connectivity index (χ3v) is 5.18. The molecule has 0 radical (unpaired) electrons. The third-order valence-electron chi connectivity index (χ3n) is 4.69. The van der Waals surface area contributed by atoms with Crippen LogP contribution in [0.5, 0.6) is 0 Å². The number of carbonyl (C=O) groups excluding carboxylic acids is 2. The summed E-state index contributed by atoms with van der Waals surface area (Å²) in [5, 5.41) is 2.85. The Balaban J connectivity index is 1.91. The molecule has 6 heteroatoms. The second-order valence-electron chi connectivity index (χ2n) is 6.51. The lowest BCUT2D eigenvalue weighted by molar-refractivity contribution is -0.117. The topological polar surface area (TPSA) is 49.4 Å². The van der Waals surface area contributed by atoms with E-state index in [0.29, 0.717) is 5.69 Å². The molecular formula is C22H16BrFN2O2. The molecule has 4 rings (SSSR count). The molecule has 3 aromatic rings. The van der Waals surface area contributed by atoms with Crippen LogP contribution in [0.25, 0.3) is 0 Å². The van der Waals surface area contributed by atoms with Crippen LogP contribution >= 0.6 is 15.9 Å². The average Bonchev–Trinajstić information content (AvgIpc) is 2.84. The molecule has 1 aliphatic rings. The van der Waals surface area contributed by atoms with Crippen LogP contribution in [0.4, 0.5) is 10.1 Å². The first-order chi connectivity index (χ1) is 13.5. The predicted molar refractivity (Wildman–Crippen MR) is 108 cm³/mol. The Hall–Kier alpha value is -2.99. The zero-order valence-corrected chi connectivity index (χ0v) is 16.3. The number of hydrogen-bond donors (Lipinski definition) is 1. The molecule has 1 heterocycles. The first-order valence-electron chi connectivity index (χ1n) is 8.74. The van der Waals surface area contributed by atoms with Crippen molar-refractivity contribution in [2.45, 2.75) is 6.04 Å². The maximum absolute atomic E-state index is 14.3. The van der Waals surface area contributed by atoms with Gasteiger partial charge in [-0.05, 0) is 35.9 Å². The Bertz CT molecular complexity index is 1060. The van der Waals surface area contributed by atoms with Crippen LogP contribution in [0.3, 0.4) is 0 Å². The van der Waals surface area contributed by atoms with Crippen LogP contribution < -0.4 is 5.32 Å². The van der Waals surface area contributed by atoms with Crippen molar-refractivity contribution in [2.24, 2.45) is 0 Å². The monoisotopic (exact) mass is 438 g/mol. The average molecular weight is 439 g/mol. The lowest BCUT2D eigenvalue weighted by Crippen LogP contribution is -2.39. The van der Waals surface area contributed by atoms with E-state index in [1.807, 2.05) is 42.5 Å². The minimum Gasteiger partial charge on any atom is -0.324 e. The Morgan fingerprint density at radius 3 is 2.50 bits per heavy atom. The SMILES string of the molecule is O=C1CN(C(=O)c2ccccc2F)[C@H](c2ccccc2)c2cc(Br)ccc2N1. The molecular weight excluding hydrogens is 423 g/mol. The van der Waals surface area contributed by atoms with Crippen LogP contribution in [-0.4, -0.2) is 23.3 Å². The van der Waals surface area contributed by atoms with Crippen molar-refractivity contribution < 1.29 is 14.0 Å². The van der Waals surface area contributed by atoms with E-state index in [-0.39, 0.29) is 18.0 Å². The van der Waals surface area contributed by atoms with Gasteiger partial charge in [0.25, 0.3) is 5.91 Å².